The number of hydrazine groups is 1. The number of hydrogen-bond donors (Lipinski definition) is 2. The van der Waals surface area contributed by atoms with E-state index >= 15 is 0 Å². The SMILES string of the molecule is CCOC1(C(Cc2ccoc2)NN)CCC(C)(C)CC1. The van der Waals surface area contributed by atoms with Crippen LogP contribution >= 0.6 is 0 Å². The van der Waals surface area contributed by atoms with E-state index in [1.54, 1.807) is 12.5 Å². The van der Waals surface area contributed by atoms with Gasteiger partial charge in [0.1, 0.15) is 0 Å². The van der Waals surface area contributed by atoms with E-state index in [2.05, 4.69) is 26.2 Å². The van der Waals surface area contributed by atoms with Crippen molar-refractivity contribution in [2.45, 2.75) is 64.5 Å². The first kappa shape index (κ1) is 15.5. The Hall–Kier alpha value is -0.840. The molecule has 1 atom stereocenters. The molecule has 1 aliphatic rings. The molecule has 114 valence electrons. The van der Waals surface area contributed by atoms with Gasteiger partial charge in [0.05, 0.1) is 24.2 Å². The van der Waals surface area contributed by atoms with Crippen molar-refractivity contribution in [2.24, 2.45) is 11.3 Å². The third kappa shape index (κ3) is 3.43. The van der Waals surface area contributed by atoms with Crippen LogP contribution in [0.25, 0.3) is 0 Å². The first-order valence-corrected chi connectivity index (χ1v) is 7.62. The summed E-state index contributed by atoms with van der Waals surface area (Å²) in [5.41, 5.74) is 4.42. The second-order valence-electron chi connectivity index (χ2n) is 6.72. The first-order chi connectivity index (χ1) is 9.51. The molecule has 1 unspecified atom stereocenters. The van der Waals surface area contributed by atoms with Crippen molar-refractivity contribution in [1.29, 1.82) is 0 Å². The van der Waals surface area contributed by atoms with Crippen LogP contribution in [0.1, 0.15) is 52.0 Å². The van der Waals surface area contributed by atoms with E-state index < -0.39 is 0 Å². The van der Waals surface area contributed by atoms with E-state index in [9.17, 15) is 0 Å². The van der Waals surface area contributed by atoms with Crippen LogP contribution in [0.2, 0.25) is 0 Å². The predicted octanol–water partition coefficient (Wildman–Crippen LogP) is 3.03. The van der Waals surface area contributed by atoms with Gasteiger partial charge in [-0.25, -0.2) is 0 Å². The van der Waals surface area contributed by atoms with Gasteiger partial charge in [0.2, 0.25) is 0 Å². The molecule has 1 saturated carbocycles. The summed E-state index contributed by atoms with van der Waals surface area (Å²) in [6.45, 7) is 7.46. The van der Waals surface area contributed by atoms with Gasteiger partial charge in [0.15, 0.2) is 0 Å². The lowest BCUT2D eigenvalue weighted by Gasteiger charge is -2.47. The Morgan fingerprint density at radius 1 is 1.35 bits per heavy atom. The molecule has 0 radical (unpaired) electrons. The van der Waals surface area contributed by atoms with Crippen molar-refractivity contribution >= 4 is 0 Å². The van der Waals surface area contributed by atoms with Crippen molar-refractivity contribution < 1.29 is 9.15 Å². The number of hydrogen-bond acceptors (Lipinski definition) is 4. The number of nitrogens with two attached hydrogens (primary N) is 1. The molecule has 4 nitrogen and oxygen atoms in total. The molecule has 0 saturated heterocycles. The van der Waals surface area contributed by atoms with Crippen molar-refractivity contribution in [2.75, 3.05) is 6.61 Å². The Bertz CT molecular complexity index is 391. The fourth-order valence-electron chi connectivity index (χ4n) is 3.27. The van der Waals surface area contributed by atoms with Gasteiger partial charge < -0.3 is 9.15 Å². The van der Waals surface area contributed by atoms with Gasteiger partial charge in [0.25, 0.3) is 0 Å². The maximum Gasteiger partial charge on any atom is 0.0935 e. The summed E-state index contributed by atoms with van der Waals surface area (Å²) >= 11 is 0. The molecule has 0 amide bonds. The molecule has 3 N–H and O–H groups in total. The third-order valence-electron chi connectivity index (χ3n) is 4.74. The van der Waals surface area contributed by atoms with Crippen molar-refractivity contribution in [3.8, 4) is 0 Å². The zero-order valence-electron chi connectivity index (χ0n) is 12.9. The molecule has 1 aromatic rings. The van der Waals surface area contributed by atoms with E-state index in [4.69, 9.17) is 15.0 Å². The van der Waals surface area contributed by atoms with Crippen molar-refractivity contribution in [3.05, 3.63) is 24.2 Å². The third-order valence-corrected chi connectivity index (χ3v) is 4.74. The molecular weight excluding hydrogens is 252 g/mol. The van der Waals surface area contributed by atoms with Gasteiger partial charge in [-0.05, 0) is 56.1 Å². The topological polar surface area (TPSA) is 60.4 Å². The lowest BCUT2D eigenvalue weighted by molar-refractivity contribution is -0.106. The maximum absolute atomic E-state index is 6.19. The van der Waals surface area contributed by atoms with E-state index in [-0.39, 0.29) is 11.6 Å². The van der Waals surface area contributed by atoms with Crippen LogP contribution in [-0.4, -0.2) is 18.2 Å². The lowest BCUT2D eigenvalue weighted by atomic mass is 9.67. The predicted molar refractivity (Wildman–Crippen MR) is 80.1 cm³/mol. The summed E-state index contributed by atoms with van der Waals surface area (Å²) in [5.74, 6) is 5.84. The van der Waals surface area contributed by atoms with E-state index in [1.165, 1.54) is 12.8 Å². The van der Waals surface area contributed by atoms with Gasteiger partial charge in [-0.15, -0.1) is 0 Å². The smallest absolute Gasteiger partial charge is 0.0935 e. The highest BCUT2D eigenvalue weighted by atomic mass is 16.5. The van der Waals surface area contributed by atoms with Crippen LogP contribution in [0.4, 0.5) is 0 Å². The van der Waals surface area contributed by atoms with Crippen LogP contribution in [0.5, 0.6) is 0 Å². The molecule has 1 fully saturated rings. The second kappa shape index (κ2) is 6.29. The molecule has 2 rings (SSSR count). The Kier molecular flexibility index (Phi) is 4.89. The monoisotopic (exact) mass is 280 g/mol. The van der Waals surface area contributed by atoms with Gasteiger partial charge in [-0.3, -0.25) is 11.3 Å². The fraction of sp³-hybridized carbons (Fsp3) is 0.750. The molecule has 20 heavy (non-hydrogen) atoms. The van der Waals surface area contributed by atoms with E-state index in [0.717, 1.165) is 31.4 Å². The zero-order valence-corrected chi connectivity index (χ0v) is 12.9. The van der Waals surface area contributed by atoms with Gasteiger partial charge in [-0.1, -0.05) is 13.8 Å². The summed E-state index contributed by atoms with van der Waals surface area (Å²) in [4.78, 5) is 0. The largest absolute Gasteiger partial charge is 0.472 e. The summed E-state index contributed by atoms with van der Waals surface area (Å²) in [6.07, 6.45) is 8.80. The Balaban J connectivity index is 2.13. The van der Waals surface area contributed by atoms with E-state index in [1.807, 2.05) is 6.07 Å². The molecule has 1 aromatic heterocycles. The molecule has 0 aliphatic heterocycles. The van der Waals surface area contributed by atoms with Crippen LogP contribution in [-0.2, 0) is 11.2 Å². The van der Waals surface area contributed by atoms with Crippen LogP contribution < -0.4 is 11.3 Å². The molecule has 0 bridgehead atoms. The van der Waals surface area contributed by atoms with Crippen molar-refractivity contribution in [3.63, 3.8) is 0 Å². The van der Waals surface area contributed by atoms with Gasteiger partial charge in [-0.2, -0.15) is 0 Å². The number of furan rings is 1. The van der Waals surface area contributed by atoms with Crippen LogP contribution in [0.15, 0.2) is 23.0 Å². The van der Waals surface area contributed by atoms with Gasteiger partial charge in [0, 0.05) is 6.61 Å². The fourth-order valence-corrected chi connectivity index (χ4v) is 3.27. The maximum atomic E-state index is 6.19. The summed E-state index contributed by atoms with van der Waals surface area (Å²) in [7, 11) is 0. The Labute approximate surface area is 122 Å². The highest BCUT2D eigenvalue weighted by Gasteiger charge is 2.44. The summed E-state index contributed by atoms with van der Waals surface area (Å²) in [5, 5.41) is 0. The number of rotatable bonds is 6. The quantitative estimate of drug-likeness (QED) is 0.621. The molecule has 0 aromatic carbocycles. The number of nitrogens with one attached hydrogen (secondary N) is 1. The minimum absolute atomic E-state index is 0.121. The normalized spacial score (nSPS) is 22.6. The number of ether oxygens (including phenoxy) is 1. The Morgan fingerprint density at radius 3 is 2.55 bits per heavy atom. The summed E-state index contributed by atoms with van der Waals surface area (Å²) in [6, 6.07) is 2.12. The highest BCUT2D eigenvalue weighted by Crippen LogP contribution is 2.44. The second-order valence-corrected chi connectivity index (χ2v) is 6.72. The average molecular weight is 280 g/mol. The molecule has 0 spiro atoms. The highest BCUT2D eigenvalue weighted by molar-refractivity contribution is 5.11. The minimum atomic E-state index is -0.156. The van der Waals surface area contributed by atoms with E-state index in [0.29, 0.717) is 5.41 Å². The van der Waals surface area contributed by atoms with Crippen LogP contribution in [0, 0.1) is 5.41 Å². The lowest BCUT2D eigenvalue weighted by Crippen LogP contribution is -2.58. The average Bonchev–Trinajstić information content (AvgIpc) is 2.92. The molecular formula is C16H28N2O2. The molecule has 1 heterocycles. The first-order valence-electron chi connectivity index (χ1n) is 7.62. The zero-order chi connectivity index (χ0) is 14.6. The van der Waals surface area contributed by atoms with Crippen LogP contribution in [0.3, 0.4) is 0 Å². The van der Waals surface area contributed by atoms with Crippen molar-refractivity contribution in [1.82, 2.24) is 5.43 Å². The molecule has 1 aliphatic carbocycles. The molecule has 4 heteroatoms. The minimum Gasteiger partial charge on any atom is -0.472 e. The Morgan fingerprint density at radius 2 is 2.05 bits per heavy atom. The standard InChI is InChI=1S/C16H28N2O2/c1-4-20-16(8-6-15(2,3)7-9-16)14(18-17)11-13-5-10-19-12-13/h5,10,12,14,18H,4,6-9,11,17H2,1-3H3. The summed E-state index contributed by atoms with van der Waals surface area (Å²) < 4.78 is 11.4. The van der Waals surface area contributed by atoms with Gasteiger partial charge >= 0.3 is 0 Å².